The smallest absolute Gasteiger partial charge is 0.164 e. The first-order chi connectivity index (χ1) is 11.5. The third-order valence-electron chi connectivity index (χ3n) is 3.82. The van der Waals surface area contributed by atoms with Crippen molar-refractivity contribution in [2.45, 2.75) is 0 Å². The fraction of sp³-hybridized carbons (Fsp3) is 0.0588. The minimum absolute atomic E-state index is 0.207. The summed E-state index contributed by atoms with van der Waals surface area (Å²) in [6.07, 6.45) is 5.35. The van der Waals surface area contributed by atoms with Crippen LogP contribution in [-0.2, 0) is 7.05 Å². The molecule has 4 aromatic rings. The molecule has 0 aliphatic carbocycles. The van der Waals surface area contributed by atoms with Gasteiger partial charge in [0.2, 0.25) is 0 Å². The van der Waals surface area contributed by atoms with Crippen molar-refractivity contribution in [3.63, 3.8) is 0 Å². The van der Waals surface area contributed by atoms with Crippen molar-refractivity contribution in [2.75, 3.05) is 5.73 Å². The second-order valence-electron chi connectivity index (χ2n) is 5.58. The summed E-state index contributed by atoms with van der Waals surface area (Å²) in [5, 5.41) is 0.372. The lowest BCUT2D eigenvalue weighted by Crippen LogP contribution is -1.97. The second kappa shape index (κ2) is 5.16. The van der Waals surface area contributed by atoms with Crippen molar-refractivity contribution in [2.24, 2.45) is 7.05 Å². The van der Waals surface area contributed by atoms with Gasteiger partial charge in [0.15, 0.2) is 5.82 Å². The molecule has 120 valence electrons. The number of benzene rings is 1. The van der Waals surface area contributed by atoms with Gasteiger partial charge in [-0.15, -0.1) is 0 Å². The number of anilines is 1. The van der Waals surface area contributed by atoms with Crippen LogP contribution in [0.2, 0.25) is 0 Å². The summed E-state index contributed by atoms with van der Waals surface area (Å²) < 4.78 is 29.3. The number of halogens is 2. The van der Waals surface area contributed by atoms with Gasteiger partial charge in [0.05, 0.1) is 11.2 Å². The number of fused-ring (bicyclic) bond motifs is 1. The average Bonchev–Trinajstić information content (AvgIpc) is 3.13. The van der Waals surface area contributed by atoms with Crippen LogP contribution in [0.3, 0.4) is 0 Å². The number of rotatable bonds is 2. The van der Waals surface area contributed by atoms with Gasteiger partial charge in [0.1, 0.15) is 17.5 Å². The van der Waals surface area contributed by atoms with Crippen molar-refractivity contribution < 1.29 is 8.78 Å². The molecule has 3 heterocycles. The molecule has 0 fully saturated rings. The van der Waals surface area contributed by atoms with Crippen LogP contribution in [0.25, 0.3) is 33.5 Å². The number of aromatic amines is 1. The number of H-pyrrole nitrogens is 1. The molecule has 1 aromatic carbocycles. The van der Waals surface area contributed by atoms with Crippen molar-refractivity contribution in [3.05, 3.63) is 54.5 Å². The Hall–Kier alpha value is -3.22. The maximum atomic E-state index is 13.9. The first kappa shape index (κ1) is 14.4. The predicted octanol–water partition coefficient (Wildman–Crippen LogP) is 3.49. The molecule has 4 rings (SSSR count). The van der Waals surface area contributed by atoms with E-state index in [4.69, 9.17) is 5.73 Å². The number of nitrogens with one attached hydrogen (secondary N) is 1. The highest BCUT2D eigenvalue weighted by atomic mass is 19.1. The number of nitrogens with zero attached hydrogens (tertiary/aromatic N) is 3. The van der Waals surface area contributed by atoms with Crippen LogP contribution in [-0.4, -0.2) is 19.5 Å². The van der Waals surface area contributed by atoms with Gasteiger partial charge in [-0.25, -0.2) is 18.7 Å². The Labute approximate surface area is 135 Å². The zero-order valence-electron chi connectivity index (χ0n) is 12.7. The van der Waals surface area contributed by atoms with Gasteiger partial charge in [-0.05, 0) is 12.1 Å². The molecule has 0 saturated heterocycles. The molecule has 5 nitrogen and oxygen atoms in total. The molecule has 3 aromatic heterocycles. The first-order valence-electron chi connectivity index (χ1n) is 7.24. The maximum absolute atomic E-state index is 13.9. The SMILES string of the molecule is Cn1ccc(-c2cc(N)nc(-c3c[nH]c4c(F)cc(F)cc34)n2)c1. The van der Waals surface area contributed by atoms with Crippen molar-refractivity contribution in [3.8, 4) is 22.6 Å². The molecule has 3 N–H and O–H groups in total. The normalized spacial score (nSPS) is 11.3. The van der Waals surface area contributed by atoms with E-state index in [0.717, 1.165) is 11.6 Å². The van der Waals surface area contributed by atoms with Crippen molar-refractivity contribution in [1.29, 1.82) is 0 Å². The molecule has 0 aliphatic heterocycles. The van der Waals surface area contributed by atoms with Crippen LogP contribution < -0.4 is 5.73 Å². The molecule has 0 amide bonds. The highest BCUT2D eigenvalue weighted by Gasteiger charge is 2.15. The molecule has 7 heteroatoms. The molecular weight excluding hydrogens is 312 g/mol. The maximum Gasteiger partial charge on any atom is 0.164 e. The van der Waals surface area contributed by atoms with Crippen LogP contribution in [0.15, 0.2) is 42.9 Å². The molecule has 0 radical (unpaired) electrons. The van der Waals surface area contributed by atoms with Gasteiger partial charge in [-0.3, -0.25) is 0 Å². The molecule has 0 aliphatic rings. The fourth-order valence-corrected chi connectivity index (χ4v) is 2.73. The Morgan fingerprint density at radius 3 is 2.75 bits per heavy atom. The topological polar surface area (TPSA) is 72.5 Å². The van der Waals surface area contributed by atoms with E-state index in [1.54, 1.807) is 12.3 Å². The number of aryl methyl sites for hydroxylation is 1. The zero-order chi connectivity index (χ0) is 16.8. The van der Waals surface area contributed by atoms with E-state index in [2.05, 4.69) is 15.0 Å². The minimum Gasteiger partial charge on any atom is -0.384 e. The number of aromatic nitrogens is 4. The summed E-state index contributed by atoms with van der Waals surface area (Å²) >= 11 is 0. The zero-order valence-corrected chi connectivity index (χ0v) is 12.7. The van der Waals surface area contributed by atoms with Gasteiger partial charge >= 0.3 is 0 Å². The van der Waals surface area contributed by atoms with Gasteiger partial charge in [0, 0.05) is 54.3 Å². The van der Waals surface area contributed by atoms with Crippen LogP contribution in [0.1, 0.15) is 0 Å². The summed E-state index contributed by atoms with van der Waals surface area (Å²) in [6, 6.07) is 5.65. The Bertz CT molecular complexity index is 1060. The van der Waals surface area contributed by atoms with Crippen LogP contribution in [0.4, 0.5) is 14.6 Å². The third-order valence-corrected chi connectivity index (χ3v) is 3.82. The van der Waals surface area contributed by atoms with E-state index < -0.39 is 11.6 Å². The van der Waals surface area contributed by atoms with Gasteiger partial charge < -0.3 is 15.3 Å². The lowest BCUT2D eigenvalue weighted by atomic mass is 10.1. The number of nitrogens with two attached hydrogens (primary N) is 1. The molecule has 0 spiro atoms. The lowest BCUT2D eigenvalue weighted by molar-refractivity contribution is 0.591. The third kappa shape index (κ3) is 2.30. The van der Waals surface area contributed by atoms with Gasteiger partial charge in [0.25, 0.3) is 0 Å². The van der Waals surface area contributed by atoms with Crippen molar-refractivity contribution in [1.82, 2.24) is 19.5 Å². The Balaban J connectivity index is 1.93. The molecule has 0 atom stereocenters. The summed E-state index contributed by atoms with van der Waals surface area (Å²) in [4.78, 5) is 11.5. The first-order valence-corrected chi connectivity index (χ1v) is 7.24. The molecule has 24 heavy (non-hydrogen) atoms. The van der Waals surface area contributed by atoms with E-state index in [1.807, 2.05) is 30.1 Å². The van der Waals surface area contributed by atoms with Crippen molar-refractivity contribution >= 4 is 16.7 Å². The minimum atomic E-state index is -0.663. The largest absolute Gasteiger partial charge is 0.384 e. The van der Waals surface area contributed by atoms with Gasteiger partial charge in [-0.1, -0.05) is 0 Å². The number of hydrogen-bond acceptors (Lipinski definition) is 3. The Morgan fingerprint density at radius 1 is 1.17 bits per heavy atom. The van der Waals surface area contributed by atoms with E-state index in [1.165, 1.54) is 6.07 Å². The fourth-order valence-electron chi connectivity index (χ4n) is 2.73. The quantitative estimate of drug-likeness (QED) is 0.592. The molecular formula is C17H13F2N5. The van der Waals surface area contributed by atoms with Gasteiger partial charge in [-0.2, -0.15) is 0 Å². The highest BCUT2D eigenvalue weighted by molar-refractivity contribution is 5.94. The lowest BCUT2D eigenvalue weighted by Gasteiger charge is -2.04. The second-order valence-corrected chi connectivity index (χ2v) is 5.58. The van der Waals surface area contributed by atoms with Crippen LogP contribution in [0.5, 0.6) is 0 Å². The average molecular weight is 325 g/mol. The molecule has 0 saturated carbocycles. The molecule has 0 bridgehead atoms. The number of hydrogen-bond donors (Lipinski definition) is 2. The monoisotopic (exact) mass is 325 g/mol. The number of nitrogen functional groups attached to an aromatic ring is 1. The van der Waals surface area contributed by atoms with E-state index >= 15 is 0 Å². The summed E-state index contributed by atoms with van der Waals surface area (Å²) in [5.41, 5.74) is 8.12. The van der Waals surface area contributed by atoms with E-state index in [9.17, 15) is 8.78 Å². The Kier molecular flexibility index (Phi) is 3.09. The van der Waals surface area contributed by atoms with E-state index in [-0.39, 0.29) is 11.3 Å². The standard InChI is InChI=1S/C17H13F2N5/c1-24-3-2-9(8-24)14-6-15(20)23-17(22-14)12-7-21-16-11(12)4-10(18)5-13(16)19/h2-8,21H,1H3,(H2,20,22,23). The predicted molar refractivity (Wildman–Crippen MR) is 88.1 cm³/mol. The van der Waals surface area contributed by atoms with Crippen LogP contribution in [0, 0.1) is 11.6 Å². The molecule has 0 unspecified atom stereocenters. The summed E-state index contributed by atoms with van der Waals surface area (Å²) in [7, 11) is 1.90. The highest BCUT2D eigenvalue weighted by Crippen LogP contribution is 2.30. The Morgan fingerprint density at radius 2 is 2.00 bits per heavy atom. The summed E-state index contributed by atoms with van der Waals surface area (Å²) in [6.45, 7) is 0. The summed E-state index contributed by atoms with van der Waals surface area (Å²) in [5.74, 6) is -0.730. The van der Waals surface area contributed by atoms with Crippen LogP contribution >= 0.6 is 0 Å². The van der Waals surface area contributed by atoms with E-state index in [0.29, 0.717) is 22.5 Å².